The zero-order chi connectivity index (χ0) is 14.9. The molecule has 3 nitrogen and oxygen atoms in total. The highest BCUT2D eigenvalue weighted by atomic mass is 16.3. The van der Waals surface area contributed by atoms with Crippen LogP contribution in [-0.2, 0) is 0 Å². The van der Waals surface area contributed by atoms with E-state index in [0.29, 0.717) is 23.3 Å². The Bertz CT molecular complexity index is 362. The molecule has 0 saturated heterocycles. The summed E-state index contributed by atoms with van der Waals surface area (Å²) in [5.74, 6) is 1.53. The fraction of sp³-hybridized carbons (Fsp3) is 0.941. The van der Waals surface area contributed by atoms with Gasteiger partial charge >= 0.3 is 0 Å². The quantitative estimate of drug-likeness (QED) is 0.863. The Morgan fingerprint density at radius 3 is 2.35 bits per heavy atom. The van der Waals surface area contributed by atoms with E-state index < -0.39 is 0 Å². The van der Waals surface area contributed by atoms with Gasteiger partial charge < -0.3 is 10.0 Å². The van der Waals surface area contributed by atoms with Crippen LogP contribution in [0.4, 0.5) is 0 Å². The molecule has 0 aromatic heterocycles. The van der Waals surface area contributed by atoms with E-state index in [4.69, 9.17) is 0 Å². The maximum Gasteiger partial charge on any atom is 0.0672 e. The van der Waals surface area contributed by atoms with Crippen LogP contribution < -0.4 is 0 Å². The van der Waals surface area contributed by atoms with Crippen LogP contribution in [0, 0.1) is 34.5 Å². The molecule has 114 valence electrons. The van der Waals surface area contributed by atoms with Gasteiger partial charge in [-0.2, -0.15) is 5.26 Å². The third kappa shape index (κ3) is 3.54. The highest BCUT2D eigenvalue weighted by Gasteiger charge is 2.39. The number of aliphatic hydroxyl groups is 1. The molecule has 3 unspecified atom stereocenters. The summed E-state index contributed by atoms with van der Waals surface area (Å²) < 4.78 is 0. The average Bonchev–Trinajstić information content (AvgIpc) is 2.35. The molecule has 0 radical (unpaired) electrons. The van der Waals surface area contributed by atoms with Crippen molar-refractivity contribution in [1.29, 1.82) is 5.26 Å². The molecule has 0 aromatic rings. The summed E-state index contributed by atoms with van der Waals surface area (Å²) in [6.45, 7) is 8.01. The Hall–Kier alpha value is -0.590. The first kappa shape index (κ1) is 15.8. The van der Waals surface area contributed by atoms with Crippen LogP contribution in [0.3, 0.4) is 0 Å². The van der Waals surface area contributed by atoms with Crippen molar-refractivity contribution < 1.29 is 5.11 Å². The Labute approximate surface area is 124 Å². The summed E-state index contributed by atoms with van der Waals surface area (Å²) in [5.41, 5.74) is 0.339. The van der Waals surface area contributed by atoms with Crippen LogP contribution in [0.25, 0.3) is 0 Å². The molecule has 3 atom stereocenters. The smallest absolute Gasteiger partial charge is 0.0672 e. The minimum absolute atomic E-state index is 0.0751. The van der Waals surface area contributed by atoms with Gasteiger partial charge in [0.25, 0.3) is 0 Å². The third-order valence-corrected chi connectivity index (χ3v) is 5.53. The molecule has 2 aliphatic rings. The number of nitrogens with zero attached hydrogens (tertiary/aromatic N) is 2. The molecule has 0 aliphatic heterocycles. The van der Waals surface area contributed by atoms with Crippen LogP contribution in [0.15, 0.2) is 0 Å². The molecule has 2 saturated carbocycles. The van der Waals surface area contributed by atoms with Crippen molar-refractivity contribution in [3.63, 3.8) is 0 Å². The van der Waals surface area contributed by atoms with Crippen LogP contribution in [0.2, 0.25) is 0 Å². The Kier molecular flexibility index (Phi) is 4.76. The molecule has 0 bridgehead atoms. The SMILES string of the molecule is CN(CC1CC(O)C1)C1CC(C(C)(C)C)CCC1C#N. The van der Waals surface area contributed by atoms with E-state index in [2.05, 4.69) is 38.8 Å². The molecular formula is C17H30N2O. The van der Waals surface area contributed by atoms with Gasteiger partial charge in [0.05, 0.1) is 18.1 Å². The molecule has 1 N–H and O–H groups in total. The van der Waals surface area contributed by atoms with Crippen molar-refractivity contribution in [2.24, 2.45) is 23.2 Å². The Morgan fingerprint density at radius 1 is 1.20 bits per heavy atom. The van der Waals surface area contributed by atoms with Crippen molar-refractivity contribution >= 4 is 0 Å². The van der Waals surface area contributed by atoms with Crippen molar-refractivity contribution in [2.75, 3.05) is 13.6 Å². The first-order chi connectivity index (χ1) is 9.31. The van der Waals surface area contributed by atoms with E-state index in [0.717, 1.165) is 32.2 Å². The first-order valence-corrected chi connectivity index (χ1v) is 8.09. The fourth-order valence-electron chi connectivity index (χ4n) is 3.96. The summed E-state index contributed by atoms with van der Waals surface area (Å²) >= 11 is 0. The molecule has 2 aliphatic carbocycles. The van der Waals surface area contributed by atoms with Crippen LogP contribution in [0.5, 0.6) is 0 Å². The third-order valence-electron chi connectivity index (χ3n) is 5.53. The second-order valence-electron chi connectivity index (χ2n) is 8.11. The number of aliphatic hydroxyl groups excluding tert-OH is 1. The van der Waals surface area contributed by atoms with E-state index in [1.807, 2.05) is 0 Å². The lowest BCUT2D eigenvalue weighted by atomic mass is 9.67. The Balaban J connectivity index is 1.96. The molecular weight excluding hydrogens is 248 g/mol. The molecule has 20 heavy (non-hydrogen) atoms. The lowest BCUT2D eigenvalue weighted by molar-refractivity contribution is 0.00596. The Morgan fingerprint density at radius 2 is 1.85 bits per heavy atom. The maximum atomic E-state index is 9.43. The van der Waals surface area contributed by atoms with Gasteiger partial charge in [0, 0.05) is 12.6 Å². The second kappa shape index (κ2) is 6.03. The van der Waals surface area contributed by atoms with Gasteiger partial charge in [-0.1, -0.05) is 20.8 Å². The monoisotopic (exact) mass is 278 g/mol. The number of rotatable bonds is 3. The summed E-state index contributed by atoms with van der Waals surface area (Å²) in [4.78, 5) is 2.41. The molecule has 0 amide bonds. The van der Waals surface area contributed by atoms with Gasteiger partial charge in [-0.25, -0.2) is 0 Å². The normalized spacial score (nSPS) is 38.4. The zero-order valence-corrected chi connectivity index (χ0v) is 13.5. The minimum Gasteiger partial charge on any atom is -0.393 e. The van der Waals surface area contributed by atoms with Crippen molar-refractivity contribution in [2.45, 2.75) is 65.0 Å². The van der Waals surface area contributed by atoms with Gasteiger partial charge in [-0.05, 0) is 56.4 Å². The highest BCUT2D eigenvalue weighted by molar-refractivity contribution is 4.99. The summed E-state index contributed by atoms with van der Waals surface area (Å²) in [6, 6.07) is 2.93. The lowest BCUT2D eigenvalue weighted by Gasteiger charge is -2.45. The number of hydrogen-bond acceptors (Lipinski definition) is 3. The first-order valence-electron chi connectivity index (χ1n) is 8.09. The van der Waals surface area contributed by atoms with Crippen LogP contribution in [0.1, 0.15) is 52.9 Å². The topological polar surface area (TPSA) is 47.3 Å². The average molecular weight is 278 g/mol. The van der Waals surface area contributed by atoms with E-state index >= 15 is 0 Å². The van der Waals surface area contributed by atoms with Crippen LogP contribution >= 0.6 is 0 Å². The summed E-state index contributed by atoms with van der Waals surface area (Å²) in [6.07, 6.45) is 5.19. The predicted octanol–water partition coefficient (Wildman–Crippen LogP) is 3.04. The standard InChI is InChI=1S/C17H30N2O/c1-17(2,3)14-6-5-13(10-18)16(9-14)19(4)11-12-7-15(20)8-12/h12-16,20H,5-9,11H2,1-4H3. The second-order valence-corrected chi connectivity index (χ2v) is 8.11. The van der Waals surface area contributed by atoms with E-state index in [-0.39, 0.29) is 12.0 Å². The minimum atomic E-state index is -0.0751. The van der Waals surface area contributed by atoms with Gasteiger partial charge in [0.15, 0.2) is 0 Å². The molecule has 2 rings (SSSR count). The van der Waals surface area contributed by atoms with Gasteiger partial charge in [-0.15, -0.1) is 0 Å². The molecule has 2 fully saturated rings. The maximum absolute atomic E-state index is 9.43. The largest absolute Gasteiger partial charge is 0.393 e. The van der Waals surface area contributed by atoms with Crippen molar-refractivity contribution in [3.05, 3.63) is 0 Å². The van der Waals surface area contributed by atoms with Gasteiger partial charge in [0.1, 0.15) is 0 Å². The number of hydrogen-bond donors (Lipinski definition) is 1. The predicted molar refractivity (Wildman–Crippen MR) is 81.0 cm³/mol. The molecule has 0 aromatic carbocycles. The zero-order valence-electron chi connectivity index (χ0n) is 13.5. The lowest BCUT2D eigenvalue weighted by Crippen LogP contribution is -2.47. The van der Waals surface area contributed by atoms with Crippen LogP contribution in [-0.4, -0.2) is 35.7 Å². The molecule has 0 spiro atoms. The molecule has 3 heteroatoms. The number of nitriles is 1. The van der Waals surface area contributed by atoms with Crippen molar-refractivity contribution in [3.8, 4) is 6.07 Å². The summed E-state index contributed by atoms with van der Waals surface area (Å²) in [7, 11) is 2.17. The van der Waals surface area contributed by atoms with Gasteiger partial charge in [-0.3, -0.25) is 0 Å². The fourth-order valence-corrected chi connectivity index (χ4v) is 3.96. The van der Waals surface area contributed by atoms with Crippen molar-refractivity contribution in [1.82, 2.24) is 4.90 Å². The highest BCUT2D eigenvalue weighted by Crippen LogP contribution is 2.41. The van der Waals surface area contributed by atoms with E-state index in [1.54, 1.807) is 0 Å². The molecule has 0 heterocycles. The van der Waals surface area contributed by atoms with E-state index in [1.165, 1.54) is 6.42 Å². The van der Waals surface area contributed by atoms with Gasteiger partial charge in [0.2, 0.25) is 0 Å². The van der Waals surface area contributed by atoms with E-state index in [9.17, 15) is 10.4 Å². The summed E-state index contributed by atoms with van der Waals surface area (Å²) in [5, 5.41) is 18.8.